The summed E-state index contributed by atoms with van der Waals surface area (Å²) in [6, 6.07) is 1.49. The van der Waals surface area contributed by atoms with Crippen LogP contribution in [-0.4, -0.2) is 67.1 Å². The van der Waals surface area contributed by atoms with Gasteiger partial charge >= 0.3 is 5.97 Å². The molecule has 3 amide bonds. The lowest BCUT2D eigenvalue weighted by Crippen LogP contribution is -2.57. The Kier molecular flexibility index (Phi) is 11.5. The van der Waals surface area contributed by atoms with E-state index in [0.29, 0.717) is 14.9 Å². The van der Waals surface area contributed by atoms with Crippen molar-refractivity contribution in [3.8, 4) is 0 Å². The Balaban J connectivity index is 2.12. The van der Waals surface area contributed by atoms with E-state index >= 15 is 0 Å². The summed E-state index contributed by atoms with van der Waals surface area (Å²) in [4.78, 5) is 62.8. The Bertz CT molecular complexity index is 1190. The zero-order valence-corrected chi connectivity index (χ0v) is 23.3. The maximum atomic E-state index is 13.0. The van der Waals surface area contributed by atoms with Crippen molar-refractivity contribution in [3.05, 3.63) is 34.6 Å². The minimum atomic E-state index is -1.43. The van der Waals surface area contributed by atoms with E-state index in [0.717, 1.165) is 16.7 Å². The number of ketones is 1. The van der Waals surface area contributed by atoms with E-state index in [1.165, 1.54) is 24.3 Å². The number of amides is 3. The van der Waals surface area contributed by atoms with Gasteiger partial charge in [0.05, 0.1) is 26.5 Å². The summed E-state index contributed by atoms with van der Waals surface area (Å²) in [5.41, 5.74) is 0. The summed E-state index contributed by atoms with van der Waals surface area (Å²) in [7, 11) is 0. The molecule has 2 aromatic rings. The molecule has 0 saturated heterocycles. The molecule has 0 saturated carbocycles. The van der Waals surface area contributed by atoms with Crippen molar-refractivity contribution in [3.63, 3.8) is 0 Å². The minimum absolute atomic E-state index is 0.261. The molecule has 16 heteroatoms. The number of nitrogens with one attached hydrogen (secondary N) is 3. The van der Waals surface area contributed by atoms with Crippen LogP contribution in [0.15, 0.2) is 29.4 Å². The highest BCUT2D eigenvalue weighted by molar-refractivity contribution is 7.97. The van der Waals surface area contributed by atoms with Gasteiger partial charge < -0.3 is 21.1 Å². The third-order valence-corrected chi connectivity index (χ3v) is 7.02. The first kappa shape index (κ1) is 31.0. The van der Waals surface area contributed by atoms with Gasteiger partial charge in [0.25, 0.3) is 6.33 Å². The second-order valence-electron chi connectivity index (χ2n) is 8.57. The number of nitrogens with zero attached hydrogens (tertiary/aromatic N) is 4. The second-order valence-corrected chi connectivity index (χ2v) is 10.4. The highest BCUT2D eigenvalue weighted by atomic mass is 35.5. The van der Waals surface area contributed by atoms with Gasteiger partial charge in [-0.2, -0.15) is 0 Å². The van der Waals surface area contributed by atoms with Gasteiger partial charge in [-0.05, 0) is 29.8 Å². The van der Waals surface area contributed by atoms with Gasteiger partial charge in [-0.3, -0.25) is 24.0 Å². The molecule has 1 aromatic heterocycles. The molecule has 1 aromatic carbocycles. The number of carbonyl (C=O) groups excluding carboxylic acids is 4. The van der Waals surface area contributed by atoms with Crippen molar-refractivity contribution in [2.45, 2.75) is 63.7 Å². The molecule has 38 heavy (non-hydrogen) atoms. The van der Waals surface area contributed by atoms with E-state index in [9.17, 15) is 29.1 Å². The van der Waals surface area contributed by atoms with Crippen LogP contribution in [-0.2, 0) is 30.5 Å². The topological polar surface area (TPSA) is 176 Å². The highest BCUT2D eigenvalue weighted by Gasteiger charge is 2.31. The predicted octanol–water partition coefficient (Wildman–Crippen LogP) is 0.622. The fourth-order valence-electron chi connectivity index (χ4n) is 3.15. The monoisotopic (exact) mass is 588 g/mol. The SMILES string of the molecule is CC(=O)N[C@H](C(=O)N[C@@H](C)C(=O)NC(CC(=O)O)C(=O)C[n+]1nncn1Sc1c(Cl)cccc1Cl)C(C)C. The zero-order valence-electron chi connectivity index (χ0n) is 21.0. The molecule has 3 atom stereocenters. The molecule has 206 valence electrons. The third kappa shape index (κ3) is 8.96. The van der Waals surface area contributed by atoms with E-state index in [-0.39, 0.29) is 5.92 Å². The fourth-order valence-corrected chi connectivity index (χ4v) is 4.53. The van der Waals surface area contributed by atoms with Crippen molar-refractivity contribution < 1.29 is 33.9 Å². The molecule has 0 bridgehead atoms. The minimum Gasteiger partial charge on any atom is -0.481 e. The van der Waals surface area contributed by atoms with Crippen molar-refractivity contribution >= 4 is 64.6 Å². The summed E-state index contributed by atoms with van der Waals surface area (Å²) >= 11 is 13.4. The van der Waals surface area contributed by atoms with Crippen LogP contribution in [0.1, 0.15) is 34.1 Å². The number of carbonyl (C=O) groups is 5. The van der Waals surface area contributed by atoms with Gasteiger partial charge in [0.2, 0.25) is 23.5 Å². The maximum Gasteiger partial charge on any atom is 0.305 e. The molecule has 0 aliphatic heterocycles. The summed E-state index contributed by atoms with van der Waals surface area (Å²) in [5, 5.41) is 25.0. The quantitative estimate of drug-likeness (QED) is 0.244. The van der Waals surface area contributed by atoms with Gasteiger partial charge in [-0.15, -0.1) is 0 Å². The van der Waals surface area contributed by atoms with Gasteiger partial charge in [-0.1, -0.05) is 47.2 Å². The normalized spacial score (nSPS) is 13.3. The van der Waals surface area contributed by atoms with Crippen LogP contribution >= 0.6 is 35.1 Å². The second kappa shape index (κ2) is 14.1. The lowest BCUT2D eigenvalue weighted by atomic mass is 10.0. The van der Waals surface area contributed by atoms with E-state index < -0.39 is 60.6 Å². The summed E-state index contributed by atoms with van der Waals surface area (Å²) in [6.45, 7) is 5.64. The van der Waals surface area contributed by atoms with Crippen LogP contribution in [0.25, 0.3) is 0 Å². The van der Waals surface area contributed by atoms with E-state index in [2.05, 4.69) is 26.3 Å². The molecule has 0 aliphatic carbocycles. The molecule has 2 rings (SSSR count). The first-order valence-corrected chi connectivity index (χ1v) is 12.9. The predicted molar refractivity (Wildman–Crippen MR) is 137 cm³/mol. The third-order valence-electron chi connectivity index (χ3n) is 5.08. The first-order valence-electron chi connectivity index (χ1n) is 11.3. The average Bonchev–Trinajstić information content (AvgIpc) is 3.25. The molecule has 13 nitrogen and oxygen atoms in total. The Labute approximate surface area is 232 Å². The maximum absolute atomic E-state index is 13.0. The van der Waals surface area contributed by atoms with Gasteiger partial charge in [0.15, 0.2) is 11.8 Å². The number of aromatic nitrogens is 4. The molecule has 0 fully saturated rings. The number of carboxylic acids is 1. The molecule has 0 radical (unpaired) electrons. The van der Waals surface area contributed by atoms with E-state index in [1.807, 2.05) is 0 Å². The number of aliphatic carboxylic acids is 1. The lowest BCUT2D eigenvalue weighted by Gasteiger charge is -2.24. The molecule has 1 heterocycles. The van der Waals surface area contributed by atoms with Crippen LogP contribution in [0.2, 0.25) is 10.0 Å². The molecular weight excluding hydrogens is 561 g/mol. The Morgan fingerprint density at radius 1 is 1.05 bits per heavy atom. The number of Topliss-reactive ketones (excluding diaryl/α,β-unsaturated/α-hetero) is 1. The van der Waals surface area contributed by atoms with Crippen LogP contribution in [0.4, 0.5) is 0 Å². The standard InChI is InChI=1S/C22H27Cl2N7O6S/c1-11(2)19(27-13(4)32)22(37)26-12(3)21(36)28-16(8-18(34)35)17(33)9-30-29-25-10-31(30)38-20-14(23)6-5-7-15(20)24/h5-7,10-12,16,19H,8-9H2,1-4H3,(H3-,26,27,28,32,34,35,36,37)/p+1/t12-,16?,19-/m0/s1. The zero-order chi connectivity index (χ0) is 28.6. The number of hydrogen-bond acceptors (Lipinski definition) is 8. The smallest absolute Gasteiger partial charge is 0.305 e. The van der Waals surface area contributed by atoms with E-state index in [4.69, 9.17) is 23.2 Å². The van der Waals surface area contributed by atoms with Crippen LogP contribution < -0.4 is 20.7 Å². The van der Waals surface area contributed by atoms with Crippen LogP contribution in [0, 0.1) is 5.92 Å². The number of benzene rings is 1. The number of hydrogen-bond donors (Lipinski definition) is 4. The summed E-state index contributed by atoms with van der Waals surface area (Å²) < 4.78 is 1.38. The lowest BCUT2D eigenvalue weighted by molar-refractivity contribution is -0.802. The summed E-state index contributed by atoms with van der Waals surface area (Å²) in [5.74, 6) is -4.06. The van der Waals surface area contributed by atoms with Crippen molar-refractivity contribution in [1.82, 2.24) is 30.3 Å². The van der Waals surface area contributed by atoms with Crippen LogP contribution in [0.5, 0.6) is 0 Å². The van der Waals surface area contributed by atoms with Gasteiger partial charge in [-0.25, -0.2) is 0 Å². The van der Waals surface area contributed by atoms with E-state index in [1.54, 1.807) is 32.0 Å². The van der Waals surface area contributed by atoms with Crippen molar-refractivity contribution in [1.29, 1.82) is 0 Å². The number of rotatable bonds is 13. The molecule has 4 N–H and O–H groups in total. The fraction of sp³-hybridized carbons (Fsp3) is 0.455. The molecular formula is C22H28Cl2N7O6S+. The summed E-state index contributed by atoms with van der Waals surface area (Å²) in [6.07, 6.45) is 0.601. The first-order chi connectivity index (χ1) is 17.8. The van der Waals surface area contributed by atoms with Gasteiger partial charge in [0, 0.05) is 18.9 Å². The Morgan fingerprint density at radius 2 is 1.68 bits per heavy atom. The number of carboxylic acid groups (broad SMARTS) is 1. The Hall–Kier alpha value is -3.23. The highest BCUT2D eigenvalue weighted by Crippen LogP contribution is 2.33. The Morgan fingerprint density at radius 3 is 2.24 bits per heavy atom. The number of halogens is 2. The molecule has 1 unspecified atom stereocenters. The van der Waals surface area contributed by atoms with Crippen molar-refractivity contribution in [2.75, 3.05) is 0 Å². The molecule has 0 aliphatic rings. The number of tetrazole rings is 1. The van der Waals surface area contributed by atoms with Gasteiger partial charge in [0.1, 0.15) is 18.1 Å². The largest absolute Gasteiger partial charge is 0.481 e. The van der Waals surface area contributed by atoms with Crippen LogP contribution in [0.3, 0.4) is 0 Å². The molecule has 0 spiro atoms. The van der Waals surface area contributed by atoms with Crippen molar-refractivity contribution in [2.24, 2.45) is 5.92 Å². The average molecular weight is 589 g/mol.